The largest absolute Gasteiger partial charge is 0.458 e. The van der Waals surface area contributed by atoms with Gasteiger partial charge in [-0.15, -0.1) is 0 Å². The Kier molecular flexibility index (Phi) is 14.7. The predicted octanol–water partition coefficient (Wildman–Crippen LogP) is 8.82. The summed E-state index contributed by atoms with van der Waals surface area (Å²) in [6.07, 6.45) is -8.29. The molecule has 0 aliphatic carbocycles. The number of rotatable bonds is 8. The van der Waals surface area contributed by atoms with Gasteiger partial charge in [-0.1, -0.05) is 39.8 Å². The molecule has 0 aromatic heterocycles. The number of benzene rings is 2. The molecule has 0 saturated carbocycles. The molecule has 0 bridgehead atoms. The van der Waals surface area contributed by atoms with E-state index in [9.17, 15) is 40.2 Å². The molecule has 2 aromatic rings. The van der Waals surface area contributed by atoms with Crippen LogP contribution in [0.1, 0.15) is 52.7 Å². The van der Waals surface area contributed by atoms with Gasteiger partial charge in [-0.25, -0.2) is 8.78 Å². The lowest BCUT2D eigenvalue weighted by Crippen LogP contribution is -2.41. The molecule has 3 nitrogen and oxygen atoms in total. The fourth-order valence-corrected chi connectivity index (χ4v) is 2.96. The molecular formula is C27H33F8NO2. The van der Waals surface area contributed by atoms with Gasteiger partial charge in [0.1, 0.15) is 23.1 Å². The fraction of sp³-hybridized carbons (Fsp3) is 0.407. The fourth-order valence-electron chi connectivity index (χ4n) is 2.96. The average molecular weight is 556 g/mol. The minimum atomic E-state index is -5.15. The van der Waals surface area contributed by atoms with Gasteiger partial charge >= 0.3 is 12.4 Å². The van der Waals surface area contributed by atoms with Crippen molar-refractivity contribution in [1.82, 2.24) is 0 Å². The van der Waals surface area contributed by atoms with E-state index >= 15 is 0 Å². The van der Waals surface area contributed by atoms with E-state index in [1.165, 1.54) is 24.3 Å². The SMILES string of the molecule is C/C=C\C(=C/C)Oc1cccc(N(Cc2c(F)ccc(C(F)(F)F)c2F)CC(O)C(F)(F)F)c1.CC.CC. The molecule has 0 spiro atoms. The standard InChI is InChI=1S/C23H21F8NO2.2C2H6/c1-3-6-15(4-2)34-16-8-5-7-14(11-16)32(13-20(33)23(29,30)31)12-17-19(24)10-9-18(21(17)25)22(26,27)28;2*1-2/h3-11,20,33H,12-13H2,1-2H3;2*1-2H3/b6-3-,15-4+;;. The molecule has 2 aromatic carbocycles. The van der Waals surface area contributed by atoms with Crippen molar-refractivity contribution in [3.63, 3.8) is 0 Å². The van der Waals surface area contributed by atoms with Crippen molar-refractivity contribution in [2.45, 2.75) is 66.5 Å². The quantitative estimate of drug-likeness (QED) is 0.201. The molecule has 1 N–H and O–H groups in total. The van der Waals surface area contributed by atoms with Gasteiger partial charge in [0.2, 0.25) is 0 Å². The van der Waals surface area contributed by atoms with E-state index in [-0.39, 0.29) is 17.5 Å². The lowest BCUT2D eigenvalue weighted by Gasteiger charge is -2.29. The third kappa shape index (κ3) is 10.4. The molecule has 0 heterocycles. The van der Waals surface area contributed by atoms with Gasteiger partial charge in [0.25, 0.3) is 0 Å². The van der Waals surface area contributed by atoms with E-state index in [0.29, 0.717) is 11.8 Å². The first kappa shape index (κ1) is 34.9. The lowest BCUT2D eigenvalue weighted by atomic mass is 10.1. The van der Waals surface area contributed by atoms with Gasteiger partial charge in [-0.05, 0) is 50.3 Å². The van der Waals surface area contributed by atoms with Crippen LogP contribution in [-0.4, -0.2) is 23.9 Å². The zero-order valence-corrected chi connectivity index (χ0v) is 22.0. The third-order valence-corrected chi connectivity index (χ3v) is 4.65. The van der Waals surface area contributed by atoms with Gasteiger partial charge in [0.15, 0.2) is 6.10 Å². The van der Waals surface area contributed by atoms with Crippen molar-refractivity contribution in [2.75, 3.05) is 11.4 Å². The predicted molar refractivity (Wildman–Crippen MR) is 133 cm³/mol. The van der Waals surface area contributed by atoms with Crippen LogP contribution in [0, 0.1) is 11.6 Å². The minimum Gasteiger partial charge on any atom is -0.458 e. The minimum absolute atomic E-state index is 0.0760. The van der Waals surface area contributed by atoms with Gasteiger partial charge < -0.3 is 14.7 Å². The highest BCUT2D eigenvalue weighted by Crippen LogP contribution is 2.35. The molecule has 0 saturated heterocycles. The number of ether oxygens (including phenoxy) is 1. The summed E-state index contributed by atoms with van der Waals surface area (Å²) in [6, 6.07) is 5.93. The Morgan fingerprint density at radius 2 is 1.58 bits per heavy atom. The van der Waals surface area contributed by atoms with E-state index in [2.05, 4.69) is 0 Å². The van der Waals surface area contributed by atoms with E-state index in [1.807, 2.05) is 27.7 Å². The second-order valence-electron chi connectivity index (χ2n) is 7.11. The summed E-state index contributed by atoms with van der Waals surface area (Å²) in [5.41, 5.74) is -2.94. The molecule has 1 atom stereocenters. The van der Waals surface area contributed by atoms with Crippen LogP contribution in [0.15, 0.2) is 60.4 Å². The number of aliphatic hydroxyl groups is 1. The summed E-state index contributed by atoms with van der Waals surface area (Å²) in [7, 11) is 0. The summed E-state index contributed by atoms with van der Waals surface area (Å²) in [4.78, 5) is 0.720. The molecule has 0 radical (unpaired) electrons. The van der Waals surface area contributed by atoms with Crippen LogP contribution in [0.4, 0.5) is 40.8 Å². The number of hydrogen-bond donors (Lipinski definition) is 1. The number of nitrogens with zero attached hydrogens (tertiary/aromatic N) is 1. The average Bonchev–Trinajstić information content (AvgIpc) is 2.86. The van der Waals surface area contributed by atoms with Crippen molar-refractivity contribution >= 4 is 5.69 Å². The first-order chi connectivity index (χ1) is 17.8. The first-order valence-corrected chi connectivity index (χ1v) is 11.9. The summed E-state index contributed by atoms with van der Waals surface area (Å²) >= 11 is 0. The Labute approximate surface area is 218 Å². The Morgan fingerprint density at radius 3 is 2.08 bits per heavy atom. The van der Waals surface area contributed by atoms with Crippen LogP contribution in [-0.2, 0) is 12.7 Å². The van der Waals surface area contributed by atoms with Crippen molar-refractivity contribution in [3.05, 3.63) is 83.1 Å². The molecule has 1 unspecified atom stereocenters. The Hall–Kier alpha value is -3.08. The summed E-state index contributed by atoms with van der Waals surface area (Å²) < 4.78 is 113. The van der Waals surface area contributed by atoms with Crippen LogP contribution < -0.4 is 9.64 Å². The summed E-state index contributed by atoms with van der Waals surface area (Å²) in [5.74, 6) is -2.80. The monoisotopic (exact) mass is 555 g/mol. The Balaban J connectivity index is 0.00000326. The number of aliphatic hydroxyl groups excluding tert-OH is 1. The lowest BCUT2D eigenvalue weighted by molar-refractivity contribution is -0.200. The molecule has 214 valence electrons. The molecule has 0 aliphatic heterocycles. The smallest absolute Gasteiger partial charge is 0.419 e. The highest BCUT2D eigenvalue weighted by atomic mass is 19.4. The van der Waals surface area contributed by atoms with Crippen molar-refractivity contribution in [2.24, 2.45) is 0 Å². The maximum Gasteiger partial charge on any atom is 0.419 e. The van der Waals surface area contributed by atoms with Crippen LogP contribution >= 0.6 is 0 Å². The normalized spacial score (nSPS) is 12.8. The molecule has 0 amide bonds. The zero-order valence-electron chi connectivity index (χ0n) is 22.0. The third-order valence-electron chi connectivity index (χ3n) is 4.65. The maximum absolute atomic E-state index is 14.5. The maximum atomic E-state index is 14.5. The van der Waals surface area contributed by atoms with E-state index in [4.69, 9.17) is 4.74 Å². The van der Waals surface area contributed by atoms with Gasteiger partial charge in [-0.2, -0.15) is 26.3 Å². The first-order valence-electron chi connectivity index (χ1n) is 11.9. The molecular weight excluding hydrogens is 522 g/mol. The van der Waals surface area contributed by atoms with Gasteiger partial charge in [0, 0.05) is 23.9 Å². The van der Waals surface area contributed by atoms with Crippen LogP contribution in [0.25, 0.3) is 0 Å². The van der Waals surface area contributed by atoms with Gasteiger partial charge in [-0.3, -0.25) is 0 Å². The molecule has 0 aliphatic rings. The van der Waals surface area contributed by atoms with Crippen molar-refractivity contribution in [1.29, 1.82) is 0 Å². The van der Waals surface area contributed by atoms with Crippen LogP contribution in [0.3, 0.4) is 0 Å². The van der Waals surface area contributed by atoms with E-state index < -0.39 is 54.3 Å². The van der Waals surface area contributed by atoms with Crippen molar-refractivity contribution < 1.29 is 45.0 Å². The zero-order chi connectivity index (χ0) is 29.7. The van der Waals surface area contributed by atoms with Gasteiger partial charge in [0.05, 0.1) is 12.1 Å². The molecule has 11 heteroatoms. The topological polar surface area (TPSA) is 32.7 Å². The second-order valence-corrected chi connectivity index (χ2v) is 7.11. The number of alkyl halides is 6. The summed E-state index contributed by atoms with van der Waals surface area (Å²) in [5, 5.41) is 9.56. The van der Waals surface area contributed by atoms with E-state index in [0.717, 1.165) is 4.90 Å². The summed E-state index contributed by atoms with van der Waals surface area (Å²) in [6.45, 7) is 9.17. The number of halogens is 8. The highest BCUT2D eigenvalue weighted by Gasteiger charge is 2.40. The second kappa shape index (κ2) is 16.0. The number of hydrogen-bond acceptors (Lipinski definition) is 3. The number of allylic oxidation sites excluding steroid dienone is 3. The molecule has 0 fully saturated rings. The van der Waals surface area contributed by atoms with E-state index in [1.54, 1.807) is 32.1 Å². The molecule has 38 heavy (non-hydrogen) atoms. The van der Waals surface area contributed by atoms with Crippen LogP contribution in [0.5, 0.6) is 5.75 Å². The Morgan fingerprint density at radius 1 is 0.974 bits per heavy atom. The molecule has 2 rings (SSSR count). The van der Waals surface area contributed by atoms with Crippen LogP contribution in [0.2, 0.25) is 0 Å². The van der Waals surface area contributed by atoms with Crippen molar-refractivity contribution in [3.8, 4) is 5.75 Å². The highest BCUT2D eigenvalue weighted by molar-refractivity contribution is 5.52. The number of anilines is 1. The Bertz CT molecular complexity index is 1050.